The van der Waals surface area contributed by atoms with E-state index < -0.39 is 0 Å². The molecule has 23 heavy (non-hydrogen) atoms. The molecule has 0 atom stereocenters. The summed E-state index contributed by atoms with van der Waals surface area (Å²) < 4.78 is 15.2. The molecule has 5 heteroatoms. The first-order chi connectivity index (χ1) is 11.2. The Kier molecular flexibility index (Phi) is 3.12. The number of pyridine rings is 2. The van der Waals surface area contributed by atoms with E-state index in [1.807, 2.05) is 35.9 Å². The Balaban J connectivity index is 2.04. The Hall–Kier alpha value is -3.08. The fourth-order valence-electron chi connectivity index (χ4n) is 2.60. The highest BCUT2D eigenvalue weighted by molar-refractivity contribution is 5.80. The molecule has 0 spiro atoms. The van der Waals surface area contributed by atoms with Crippen molar-refractivity contribution in [1.82, 2.24) is 19.5 Å². The Morgan fingerprint density at radius 3 is 2.48 bits per heavy atom. The van der Waals surface area contributed by atoms with Crippen molar-refractivity contribution < 1.29 is 4.39 Å². The molecule has 0 bridgehead atoms. The van der Waals surface area contributed by atoms with Crippen molar-refractivity contribution in [3.63, 3.8) is 0 Å². The van der Waals surface area contributed by atoms with E-state index in [9.17, 15) is 4.39 Å². The zero-order chi connectivity index (χ0) is 15.8. The molecule has 0 saturated carbocycles. The summed E-state index contributed by atoms with van der Waals surface area (Å²) in [7, 11) is 0. The third-order valence-corrected chi connectivity index (χ3v) is 3.66. The predicted molar refractivity (Wildman–Crippen MR) is 86.8 cm³/mol. The molecule has 3 aromatic heterocycles. The molecule has 4 aromatic rings. The number of rotatable bonds is 2. The number of benzene rings is 1. The first kappa shape index (κ1) is 13.6. The van der Waals surface area contributed by atoms with Gasteiger partial charge in [-0.05, 0) is 55.0 Å². The van der Waals surface area contributed by atoms with Gasteiger partial charge in [-0.1, -0.05) is 0 Å². The topological polar surface area (TPSA) is 43.6 Å². The SMILES string of the molecule is Cc1cnc2c(c1)nc(-c1ccc(F)cc1)n2-c1ccncc1. The maximum Gasteiger partial charge on any atom is 0.164 e. The molecule has 0 aliphatic carbocycles. The standard InChI is InChI=1S/C18H13FN4/c1-12-10-16-18(21-11-12)23(15-6-8-20-9-7-15)17(22-16)13-2-4-14(19)5-3-13/h2-11H,1H3. The number of hydrogen-bond acceptors (Lipinski definition) is 3. The van der Waals surface area contributed by atoms with Crippen LogP contribution in [0.5, 0.6) is 0 Å². The van der Waals surface area contributed by atoms with E-state index in [-0.39, 0.29) is 5.82 Å². The first-order valence-electron chi connectivity index (χ1n) is 7.24. The fraction of sp³-hybridized carbons (Fsp3) is 0.0556. The third kappa shape index (κ3) is 2.36. The summed E-state index contributed by atoms with van der Waals surface area (Å²) in [4.78, 5) is 13.3. The van der Waals surface area contributed by atoms with Crippen LogP contribution in [0.3, 0.4) is 0 Å². The fourth-order valence-corrected chi connectivity index (χ4v) is 2.60. The monoisotopic (exact) mass is 304 g/mol. The molecule has 4 nitrogen and oxygen atoms in total. The average Bonchev–Trinajstić information content (AvgIpc) is 2.94. The summed E-state index contributed by atoms with van der Waals surface area (Å²) in [5.41, 5.74) is 4.36. The van der Waals surface area contributed by atoms with Crippen LogP contribution in [0.25, 0.3) is 28.2 Å². The molecular formula is C18H13FN4. The van der Waals surface area contributed by atoms with Gasteiger partial charge < -0.3 is 0 Å². The van der Waals surface area contributed by atoms with E-state index in [0.29, 0.717) is 0 Å². The average molecular weight is 304 g/mol. The second-order valence-corrected chi connectivity index (χ2v) is 5.34. The second kappa shape index (κ2) is 5.28. The van der Waals surface area contributed by atoms with Crippen LogP contribution < -0.4 is 0 Å². The number of aryl methyl sites for hydroxylation is 1. The van der Waals surface area contributed by atoms with Gasteiger partial charge in [0, 0.05) is 24.2 Å². The van der Waals surface area contributed by atoms with Gasteiger partial charge in [0.2, 0.25) is 0 Å². The van der Waals surface area contributed by atoms with Crippen molar-refractivity contribution in [1.29, 1.82) is 0 Å². The minimum Gasteiger partial charge on any atom is -0.277 e. The number of halogens is 1. The van der Waals surface area contributed by atoms with E-state index in [4.69, 9.17) is 4.98 Å². The van der Waals surface area contributed by atoms with Crippen LogP contribution in [-0.2, 0) is 0 Å². The van der Waals surface area contributed by atoms with Crippen molar-refractivity contribution in [3.05, 3.63) is 72.4 Å². The number of hydrogen-bond donors (Lipinski definition) is 0. The van der Waals surface area contributed by atoms with Crippen molar-refractivity contribution in [2.24, 2.45) is 0 Å². The summed E-state index contributed by atoms with van der Waals surface area (Å²) in [6, 6.07) is 12.1. The van der Waals surface area contributed by atoms with Gasteiger partial charge in [-0.3, -0.25) is 9.55 Å². The molecule has 0 N–H and O–H groups in total. The number of fused-ring (bicyclic) bond motifs is 1. The van der Waals surface area contributed by atoms with Crippen LogP contribution in [0, 0.1) is 12.7 Å². The van der Waals surface area contributed by atoms with Gasteiger partial charge in [-0.2, -0.15) is 0 Å². The predicted octanol–water partition coefficient (Wildman–Crippen LogP) is 3.93. The smallest absolute Gasteiger partial charge is 0.164 e. The van der Waals surface area contributed by atoms with Gasteiger partial charge in [0.1, 0.15) is 17.2 Å². The summed E-state index contributed by atoms with van der Waals surface area (Å²) in [5, 5.41) is 0. The molecule has 3 heterocycles. The van der Waals surface area contributed by atoms with Crippen molar-refractivity contribution in [2.75, 3.05) is 0 Å². The lowest BCUT2D eigenvalue weighted by Crippen LogP contribution is -1.99. The van der Waals surface area contributed by atoms with Crippen molar-refractivity contribution in [3.8, 4) is 17.1 Å². The molecule has 112 valence electrons. The van der Waals surface area contributed by atoms with E-state index in [1.165, 1.54) is 12.1 Å². The summed E-state index contributed by atoms with van der Waals surface area (Å²) >= 11 is 0. The quantitative estimate of drug-likeness (QED) is 0.563. The normalized spacial score (nSPS) is 11.0. The molecule has 0 fully saturated rings. The van der Waals surface area contributed by atoms with E-state index in [0.717, 1.165) is 33.8 Å². The van der Waals surface area contributed by atoms with Crippen molar-refractivity contribution >= 4 is 11.2 Å². The van der Waals surface area contributed by atoms with Gasteiger partial charge >= 0.3 is 0 Å². The molecule has 0 radical (unpaired) electrons. The van der Waals surface area contributed by atoms with Gasteiger partial charge in [-0.15, -0.1) is 0 Å². The van der Waals surface area contributed by atoms with Gasteiger partial charge in [0.25, 0.3) is 0 Å². The van der Waals surface area contributed by atoms with Crippen LogP contribution in [0.1, 0.15) is 5.56 Å². The molecule has 0 aliphatic heterocycles. The third-order valence-electron chi connectivity index (χ3n) is 3.66. The molecular weight excluding hydrogens is 291 g/mol. The molecule has 0 saturated heterocycles. The largest absolute Gasteiger partial charge is 0.277 e. The van der Waals surface area contributed by atoms with Crippen LogP contribution in [-0.4, -0.2) is 19.5 Å². The summed E-state index contributed by atoms with van der Waals surface area (Å²) in [5.74, 6) is 0.457. The lowest BCUT2D eigenvalue weighted by atomic mass is 10.2. The molecule has 0 amide bonds. The van der Waals surface area contributed by atoms with Gasteiger partial charge in [0.15, 0.2) is 5.65 Å². The Bertz CT molecular complexity index is 975. The maximum atomic E-state index is 13.2. The lowest BCUT2D eigenvalue weighted by Gasteiger charge is -2.08. The zero-order valence-electron chi connectivity index (χ0n) is 12.4. The van der Waals surface area contributed by atoms with E-state index >= 15 is 0 Å². The molecule has 0 unspecified atom stereocenters. The van der Waals surface area contributed by atoms with Gasteiger partial charge in [0.05, 0.1) is 5.69 Å². The second-order valence-electron chi connectivity index (χ2n) is 5.34. The van der Waals surface area contributed by atoms with E-state index in [1.54, 1.807) is 24.5 Å². The maximum absolute atomic E-state index is 13.2. The van der Waals surface area contributed by atoms with Crippen LogP contribution in [0.4, 0.5) is 4.39 Å². The number of imidazole rings is 1. The Morgan fingerprint density at radius 2 is 1.74 bits per heavy atom. The highest BCUT2D eigenvalue weighted by Gasteiger charge is 2.15. The first-order valence-corrected chi connectivity index (χ1v) is 7.24. The summed E-state index contributed by atoms with van der Waals surface area (Å²) in [6.45, 7) is 1.98. The minimum absolute atomic E-state index is 0.269. The van der Waals surface area contributed by atoms with Crippen LogP contribution >= 0.6 is 0 Å². The molecule has 4 rings (SSSR count). The Morgan fingerprint density at radius 1 is 1.00 bits per heavy atom. The minimum atomic E-state index is -0.269. The number of nitrogens with zero attached hydrogens (tertiary/aromatic N) is 4. The highest BCUT2D eigenvalue weighted by Crippen LogP contribution is 2.27. The summed E-state index contributed by atoms with van der Waals surface area (Å²) in [6.07, 6.45) is 5.27. The Labute approximate surface area is 132 Å². The highest BCUT2D eigenvalue weighted by atomic mass is 19.1. The lowest BCUT2D eigenvalue weighted by molar-refractivity contribution is 0.628. The van der Waals surface area contributed by atoms with Crippen LogP contribution in [0.2, 0.25) is 0 Å². The van der Waals surface area contributed by atoms with Gasteiger partial charge in [-0.25, -0.2) is 14.4 Å². The molecule has 1 aromatic carbocycles. The van der Waals surface area contributed by atoms with E-state index in [2.05, 4.69) is 9.97 Å². The molecule has 0 aliphatic rings. The zero-order valence-corrected chi connectivity index (χ0v) is 12.4. The van der Waals surface area contributed by atoms with Crippen LogP contribution in [0.15, 0.2) is 61.1 Å². The number of aromatic nitrogens is 4. The van der Waals surface area contributed by atoms with Crippen molar-refractivity contribution in [2.45, 2.75) is 6.92 Å².